The number of halogens is 1. The normalized spacial score (nSPS) is 10.7. The molecule has 0 bridgehead atoms. The highest BCUT2D eigenvalue weighted by molar-refractivity contribution is 7.71. The van der Waals surface area contributed by atoms with Gasteiger partial charge in [-0.3, -0.25) is 14.5 Å². The third kappa shape index (κ3) is 3.97. The molecule has 3 rings (SSSR count). The van der Waals surface area contributed by atoms with Crippen LogP contribution in [0.1, 0.15) is 12.0 Å². The Balaban J connectivity index is 1.71. The van der Waals surface area contributed by atoms with Crippen LogP contribution in [0.5, 0.6) is 5.75 Å². The molecule has 2 aromatic carbocycles. The number of nitrogens with one attached hydrogen (secondary N) is 2. The van der Waals surface area contributed by atoms with Crippen molar-refractivity contribution in [1.29, 1.82) is 0 Å². The Morgan fingerprint density at radius 1 is 1.31 bits per heavy atom. The van der Waals surface area contributed by atoms with E-state index in [1.807, 2.05) is 6.92 Å². The molecular formula is C18H17FN4O2S. The number of hydrogen-bond donors (Lipinski definition) is 3. The van der Waals surface area contributed by atoms with Crippen LogP contribution in [0, 0.1) is 17.5 Å². The summed E-state index contributed by atoms with van der Waals surface area (Å²) in [6.45, 7) is 2.14. The number of phenols is 1. The van der Waals surface area contributed by atoms with Gasteiger partial charge in [0.25, 0.3) is 0 Å². The molecule has 0 aliphatic heterocycles. The zero-order valence-corrected chi connectivity index (χ0v) is 14.8. The van der Waals surface area contributed by atoms with Crippen molar-refractivity contribution in [2.24, 2.45) is 0 Å². The molecule has 0 aliphatic rings. The van der Waals surface area contributed by atoms with Gasteiger partial charge in [-0.2, -0.15) is 5.10 Å². The summed E-state index contributed by atoms with van der Waals surface area (Å²) in [7, 11) is 0. The predicted octanol–water partition coefficient (Wildman–Crippen LogP) is 3.79. The van der Waals surface area contributed by atoms with Crippen molar-refractivity contribution < 1.29 is 14.3 Å². The molecule has 8 heteroatoms. The van der Waals surface area contributed by atoms with Gasteiger partial charge in [0.1, 0.15) is 11.6 Å². The number of amides is 1. The minimum Gasteiger partial charge on any atom is -0.506 e. The quantitative estimate of drug-likeness (QED) is 0.470. The number of aromatic nitrogens is 3. The van der Waals surface area contributed by atoms with Crippen molar-refractivity contribution in [1.82, 2.24) is 14.8 Å². The minimum atomic E-state index is -0.341. The number of H-pyrrole nitrogens is 1. The molecule has 0 saturated carbocycles. The van der Waals surface area contributed by atoms with Gasteiger partial charge in [0.05, 0.1) is 5.69 Å². The maximum atomic E-state index is 13.1. The smallest absolute Gasteiger partial charge is 0.226 e. The molecule has 1 aromatic heterocycles. The van der Waals surface area contributed by atoms with Crippen molar-refractivity contribution in [3.8, 4) is 17.1 Å². The maximum absolute atomic E-state index is 13.1. The Bertz CT molecular complexity index is 995. The lowest BCUT2D eigenvalue weighted by molar-refractivity contribution is -0.116. The molecule has 3 aromatic rings. The van der Waals surface area contributed by atoms with Crippen LogP contribution in [0.25, 0.3) is 11.4 Å². The van der Waals surface area contributed by atoms with Gasteiger partial charge in [-0.25, -0.2) is 4.39 Å². The van der Waals surface area contributed by atoms with E-state index in [1.165, 1.54) is 12.1 Å². The molecular weight excluding hydrogens is 355 g/mol. The molecule has 134 valence electrons. The number of phenolic OH excluding ortho intramolecular Hbond substituents is 1. The summed E-state index contributed by atoms with van der Waals surface area (Å²) >= 11 is 5.21. The first-order chi connectivity index (χ1) is 12.4. The number of nitrogens with zero attached hydrogens (tertiary/aromatic N) is 2. The van der Waals surface area contributed by atoms with Crippen molar-refractivity contribution in [3.63, 3.8) is 0 Å². The molecule has 0 saturated heterocycles. The highest BCUT2D eigenvalue weighted by Crippen LogP contribution is 2.24. The molecule has 26 heavy (non-hydrogen) atoms. The standard InChI is InChI=1S/C18H17FN4O2S/c1-11-2-7-14(15(24)10-11)20-16(25)8-9-23-17(21-22-18(23)26)12-3-5-13(19)6-4-12/h2-7,10,24H,8-9H2,1H3,(H,20,25)(H,22,26). The summed E-state index contributed by atoms with van der Waals surface area (Å²) in [6, 6.07) is 10.9. The fraction of sp³-hybridized carbons (Fsp3) is 0.167. The zero-order valence-electron chi connectivity index (χ0n) is 14.0. The molecule has 1 amide bonds. The lowest BCUT2D eigenvalue weighted by Crippen LogP contribution is -2.15. The number of carbonyl (C=O) groups excluding carboxylic acids is 1. The summed E-state index contributed by atoms with van der Waals surface area (Å²) in [6.07, 6.45) is 0.134. The molecule has 0 spiro atoms. The molecule has 3 N–H and O–H groups in total. The van der Waals surface area contributed by atoms with E-state index in [2.05, 4.69) is 15.5 Å². The van der Waals surface area contributed by atoms with E-state index >= 15 is 0 Å². The molecule has 6 nitrogen and oxygen atoms in total. The number of anilines is 1. The number of carbonyl (C=O) groups is 1. The van der Waals surface area contributed by atoms with Crippen LogP contribution in [0.4, 0.5) is 10.1 Å². The fourth-order valence-electron chi connectivity index (χ4n) is 2.52. The number of hydrogen-bond acceptors (Lipinski definition) is 4. The summed E-state index contributed by atoms with van der Waals surface area (Å²) in [4.78, 5) is 12.2. The average Bonchev–Trinajstić information content (AvgIpc) is 2.97. The van der Waals surface area contributed by atoms with Crippen LogP contribution in [-0.4, -0.2) is 25.8 Å². The Morgan fingerprint density at radius 2 is 2.04 bits per heavy atom. The SMILES string of the molecule is Cc1ccc(NC(=O)CCn2c(-c3ccc(F)cc3)n[nH]c2=S)c(O)c1. The van der Waals surface area contributed by atoms with Gasteiger partial charge in [0.2, 0.25) is 5.91 Å². The molecule has 0 fully saturated rings. The van der Waals surface area contributed by atoms with Crippen LogP contribution in [0.15, 0.2) is 42.5 Å². The number of rotatable bonds is 5. The molecule has 0 unspecified atom stereocenters. The Morgan fingerprint density at radius 3 is 2.73 bits per heavy atom. The second kappa shape index (κ2) is 7.49. The van der Waals surface area contributed by atoms with Crippen molar-refractivity contribution >= 4 is 23.8 Å². The third-order valence-corrected chi connectivity index (χ3v) is 4.16. The Kier molecular flexibility index (Phi) is 5.13. The van der Waals surface area contributed by atoms with E-state index in [9.17, 15) is 14.3 Å². The lowest BCUT2D eigenvalue weighted by atomic mass is 10.2. The fourth-order valence-corrected chi connectivity index (χ4v) is 2.74. The summed E-state index contributed by atoms with van der Waals surface area (Å²) < 4.78 is 15.1. The van der Waals surface area contributed by atoms with Crippen molar-refractivity contribution in [2.75, 3.05) is 5.32 Å². The van der Waals surface area contributed by atoms with Crippen LogP contribution < -0.4 is 5.32 Å². The summed E-state index contributed by atoms with van der Waals surface area (Å²) in [5.74, 6) is -0.0599. The lowest BCUT2D eigenvalue weighted by Gasteiger charge is -2.09. The van der Waals surface area contributed by atoms with Crippen LogP contribution in [0.3, 0.4) is 0 Å². The number of aryl methyl sites for hydroxylation is 1. The monoisotopic (exact) mass is 372 g/mol. The molecule has 1 heterocycles. The summed E-state index contributed by atoms with van der Waals surface area (Å²) in [5.41, 5.74) is 1.94. The van der Waals surface area contributed by atoms with Crippen LogP contribution >= 0.6 is 12.2 Å². The highest BCUT2D eigenvalue weighted by atomic mass is 32.1. The van der Waals surface area contributed by atoms with E-state index < -0.39 is 0 Å². The first-order valence-electron chi connectivity index (χ1n) is 7.94. The van der Waals surface area contributed by atoms with Gasteiger partial charge in [-0.15, -0.1) is 0 Å². The van der Waals surface area contributed by atoms with Gasteiger partial charge in [-0.05, 0) is 61.1 Å². The van der Waals surface area contributed by atoms with E-state index in [0.717, 1.165) is 5.56 Å². The molecule has 0 radical (unpaired) electrons. The predicted molar refractivity (Wildman–Crippen MR) is 98.9 cm³/mol. The number of benzene rings is 2. The molecule has 0 atom stereocenters. The second-order valence-electron chi connectivity index (χ2n) is 5.83. The van der Waals surface area contributed by atoms with E-state index in [4.69, 9.17) is 12.2 Å². The van der Waals surface area contributed by atoms with E-state index in [1.54, 1.807) is 34.9 Å². The van der Waals surface area contributed by atoms with Crippen molar-refractivity contribution in [2.45, 2.75) is 19.9 Å². The Hall–Kier alpha value is -3.00. The highest BCUT2D eigenvalue weighted by Gasteiger charge is 2.12. The first-order valence-corrected chi connectivity index (χ1v) is 8.35. The van der Waals surface area contributed by atoms with Crippen LogP contribution in [0.2, 0.25) is 0 Å². The first kappa shape index (κ1) is 17.8. The molecule has 0 aliphatic carbocycles. The number of aromatic amines is 1. The second-order valence-corrected chi connectivity index (χ2v) is 6.22. The zero-order chi connectivity index (χ0) is 18.7. The maximum Gasteiger partial charge on any atom is 0.226 e. The summed E-state index contributed by atoms with van der Waals surface area (Å²) in [5, 5.41) is 19.4. The topological polar surface area (TPSA) is 82.9 Å². The Labute approximate surface area is 154 Å². The van der Waals surface area contributed by atoms with Gasteiger partial charge >= 0.3 is 0 Å². The van der Waals surface area contributed by atoms with Gasteiger partial charge in [-0.1, -0.05) is 6.07 Å². The third-order valence-electron chi connectivity index (χ3n) is 3.85. The van der Waals surface area contributed by atoms with Gasteiger partial charge < -0.3 is 10.4 Å². The number of aromatic hydroxyl groups is 1. The van der Waals surface area contributed by atoms with E-state index in [-0.39, 0.29) is 23.9 Å². The minimum absolute atomic E-state index is 0.0188. The van der Waals surface area contributed by atoms with Crippen LogP contribution in [-0.2, 0) is 11.3 Å². The average molecular weight is 372 g/mol. The van der Waals surface area contributed by atoms with Crippen molar-refractivity contribution in [3.05, 3.63) is 58.6 Å². The largest absolute Gasteiger partial charge is 0.506 e. The van der Waals surface area contributed by atoms with E-state index in [0.29, 0.717) is 28.4 Å². The van der Waals surface area contributed by atoms with Gasteiger partial charge in [0.15, 0.2) is 10.6 Å². The van der Waals surface area contributed by atoms with Gasteiger partial charge in [0, 0.05) is 18.5 Å².